The van der Waals surface area contributed by atoms with Crippen LogP contribution in [0.1, 0.15) is 32.1 Å². The lowest BCUT2D eigenvalue weighted by Gasteiger charge is -2.10. The number of ether oxygens (including phenoxy) is 1. The Morgan fingerprint density at radius 2 is 1.84 bits per heavy atom. The van der Waals surface area contributed by atoms with Crippen LogP contribution in [0.25, 0.3) is 11.3 Å². The maximum Gasteiger partial charge on any atom is 0.344 e. The standard InChI is InChI=1S/C21H19N5O5S/c1-13-10-17(14(2)26(13)15-4-6-16(7-5-15)32(22,29)30)19(27)12-31-21(28)18-11-24-25-9-3-8-23-20(18)25/h3-11H,12H2,1-2H3,(H2,22,29,30). The highest BCUT2D eigenvalue weighted by molar-refractivity contribution is 7.89. The van der Waals surface area contributed by atoms with Gasteiger partial charge >= 0.3 is 5.97 Å². The normalized spacial score (nSPS) is 11.6. The maximum absolute atomic E-state index is 12.8. The van der Waals surface area contributed by atoms with Crippen molar-refractivity contribution >= 4 is 27.4 Å². The molecule has 0 spiro atoms. The molecule has 4 rings (SSSR count). The van der Waals surface area contributed by atoms with Crippen LogP contribution in [0.4, 0.5) is 0 Å². The molecule has 0 saturated heterocycles. The number of ketones is 1. The molecule has 10 nitrogen and oxygen atoms in total. The highest BCUT2D eigenvalue weighted by Crippen LogP contribution is 2.22. The number of esters is 1. The number of sulfonamides is 1. The Balaban J connectivity index is 1.53. The van der Waals surface area contributed by atoms with Gasteiger partial charge in [0.05, 0.1) is 11.1 Å². The van der Waals surface area contributed by atoms with Gasteiger partial charge in [-0.2, -0.15) is 5.10 Å². The van der Waals surface area contributed by atoms with Gasteiger partial charge in [0.1, 0.15) is 5.56 Å². The number of hydrogen-bond acceptors (Lipinski definition) is 7. The van der Waals surface area contributed by atoms with Crippen molar-refractivity contribution in [2.45, 2.75) is 18.7 Å². The zero-order valence-electron chi connectivity index (χ0n) is 17.2. The molecule has 0 radical (unpaired) electrons. The molecule has 0 atom stereocenters. The van der Waals surface area contributed by atoms with Crippen molar-refractivity contribution in [1.82, 2.24) is 19.2 Å². The average molecular weight is 453 g/mol. The van der Waals surface area contributed by atoms with E-state index in [4.69, 9.17) is 9.88 Å². The highest BCUT2D eigenvalue weighted by Gasteiger charge is 2.21. The number of nitrogens with zero attached hydrogens (tertiary/aromatic N) is 4. The molecule has 32 heavy (non-hydrogen) atoms. The number of aromatic nitrogens is 4. The number of carbonyl (C=O) groups is 2. The van der Waals surface area contributed by atoms with Gasteiger partial charge in [-0.15, -0.1) is 0 Å². The van der Waals surface area contributed by atoms with Gasteiger partial charge in [-0.1, -0.05) is 0 Å². The minimum atomic E-state index is -3.80. The predicted octanol–water partition coefficient (Wildman–Crippen LogP) is 1.82. The molecule has 0 unspecified atom stereocenters. The van der Waals surface area contributed by atoms with E-state index >= 15 is 0 Å². The molecule has 0 aliphatic carbocycles. The smallest absolute Gasteiger partial charge is 0.344 e. The minimum absolute atomic E-state index is 0.00546. The molecule has 0 saturated carbocycles. The summed E-state index contributed by atoms with van der Waals surface area (Å²) in [6.45, 7) is 3.12. The van der Waals surface area contributed by atoms with Gasteiger partial charge < -0.3 is 9.30 Å². The molecule has 164 valence electrons. The Kier molecular flexibility index (Phi) is 5.36. The molecule has 0 aliphatic rings. The van der Waals surface area contributed by atoms with E-state index in [9.17, 15) is 18.0 Å². The van der Waals surface area contributed by atoms with Crippen LogP contribution in [0, 0.1) is 13.8 Å². The first-order valence-corrected chi connectivity index (χ1v) is 11.0. The van der Waals surface area contributed by atoms with Crippen molar-refractivity contribution < 1.29 is 22.7 Å². The van der Waals surface area contributed by atoms with Gasteiger partial charge in [0, 0.05) is 35.0 Å². The lowest BCUT2D eigenvalue weighted by molar-refractivity contribution is 0.0476. The van der Waals surface area contributed by atoms with Crippen LogP contribution in [-0.4, -0.2) is 45.9 Å². The summed E-state index contributed by atoms with van der Waals surface area (Å²) in [5, 5.41) is 9.17. The van der Waals surface area contributed by atoms with E-state index in [0.717, 1.165) is 5.69 Å². The zero-order valence-corrected chi connectivity index (χ0v) is 18.0. The van der Waals surface area contributed by atoms with E-state index in [0.29, 0.717) is 22.6 Å². The first-order chi connectivity index (χ1) is 15.2. The summed E-state index contributed by atoms with van der Waals surface area (Å²) in [5.41, 5.74) is 2.95. The summed E-state index contributed by atoms with van der Waals surface area (Å²) in [4.78, 5) is 29.3. The number of primary sulfonamides is 1. The van der Waals surface area contributed by atoms with Crippen molar-refractivity contribution in [3.63, 3.8) is 0 Å². The van der Waals surface area contributed by atoms with Gasteiger partial charge in [0.15, 0.2) is 12.3 Å². The van der Waals surface area contributed by atoms with E-state index in [2.05, 4.69) is 10.1 Å². The summed E-state index contributed by atoms with van der Waals surface area (Å²) in [6, 6.07) is 9.37. The van der Waals surface area contributed by atoms with Gasteiger partial charge in [0.25, 0.3) is 0 Å². The quantitative estimate of drug-likeness (QED) is 0.347. The molecule has 2 N–H and O–H groups in total. The Morgan fingerprint density at radius 1 is 1.12 bits per heavy atom. The molecule has 0 bridgehead atoms. The third kappa shape index (κ3) is 3.90. The van der Waals surface area contributed by atoms with E-state index in [1.807, 2.05) is 6.92 Å². The van der Waals surface area contributed by atoms with Crippen LogP contribution in [0.2, 0.25) is 0 Å². The fourth-order valence-corrected chi connectivity index (χ4v) is 4.00. The second kappa shape index (κ2) is 8.02. The molecule has 0 fully saturated rings. The first-order valence-electron chi connectivity index (χ1n) is 9.47. The van der Waals surface area contributed by atoms with Crippen molar-refractivity contribution in [3.05, 3.63) is 77.5 Å². The van der Waals surface area contributed by atoms with E-state index in [1.54, 1.807) is 42.0 Å². The molecule has 0 aliphatic heterocycles. The number of nitrogens with two attached hydrogens (primary N) is 1. The second-order valence-electron chi connectivity index (χ2n) is 7.10. The monoisotopic (exact) mass is 453 g/mol. The topological polar surface area (TPSA) is 139 Å². The second-order valence-corrected chi connectivity index (χ2v) is 8.67. The van der Waals surface area contributed by atoms with Crippen LogP contribution in [0.3, 0.4) is 0 Å². The number of carbonyl (C=O) groups excluding carboxylic acids is 2. The molecule has 11 heteroatoms. The fraction of sp³-hybridized carbons (Fsp3) is 0.143. The van der Waals surface area contributed by atoms with Gasteiger partial charge in [-0.3, -0.25) is 4.79 Å². The maximum atomic E-state index is 12.8. The third-order valence-electron chi connectivity index (χ3n) is 4.99. The molecular formula is C21H19N5O5S. The van der Waals surface area contributed by atoms with E-state index in [-0.39, 0.29) is 16.2 Å². The number of aryl methyl sites for hydroxylation is 1. The van der Waals surface area contributed by atoms with Gasteiger partial charge in [0.2, 0.25) is 15.8 Å². The average Bonchev–Trinajstić information content (AvgIpc) is 3.32. The highest BCUT2D eigenvalue weighted by atomic mass is 32.2. The molecule has 4 aromatic rings. The number of benzene rings is 1. The number of Topliss-reactive ketones (excluding diaryl/α,β-unsaturated/α-hetero) is 1. The van der Waals surface area contributed by atoms with Crippen LogP contribution in [-0.2, 0) is 14.8 Å². The SMILES string of the molecule is Cc1cc(C(=O)COC(=O)c2cnn3cccnc23)c(C)n1-c1ccc(S(N)(=O)=O)cc1. The number of hydrogen-bond donors (Lipinski definition) is 1. The Bertz CT molecular complexity index is 1450. The molecule has 3 heterocycles. The van der Waals surface area contributed by atoms with Gasteiger partial charge in [-0.05, 0) is 50.2 Å². The summed E-state index contributed by atoms with van der Waals surface area (Å²) >= 11 is 0. The number of rotatable bonds is 6. The van der Waals surface area contributed by atoms with Crippen molar-refractivity contribution in [3.8, 4) is 5.69 Å². The predicted molar refractivity (Wildman–Crippen MR) is 114 cm³/mol. The van der Waals surface area contributed by atoms with Crippen molar-refractivity contribution in [2.75, 3.05) is 6.61 Å². The van der Waals surface area contributed by atoms with E-state index < -0.39 is 22.6 Å². The Hall–Kier alpha value is -3.83. The number of fused-ring (bicyclic) bond motifs is 1. The molecule has 0 amide bonds. The van der Waals surface area contributed by atoms with Crippen molar-refractivity contribution in [1.29, 1.82) is 0 Å². The third-order valence-corrected chi connectivity index (χ3v) is 5.92. The minimum Gasteiger partial charge on any atom is -0.454 e. The zero-order chi connectivity index (χ0) is 23.0. The largest absolute Gasteiger partial charge is 0.454 e. The summed E-state index contributed by atoms with van der Waals surface area (Å²) in [7, 11) is -3.80. The summed E-state index contributed by atoms with van der Waals surface area (Å²) < 4.78 is 31.4. The Morgan fingerprint density at radius 3 is 2.53 bits per heavy atom. The lowest BCUT2D eigenvalue weighted by atomic mass is 10.1. The van der Waals surface area contributed by atoms with Crippen LogP contribution in [0.15, 0.2) is 59.9 Å². The van der Waals surface area contributed by atoms with Crippen LogP contribution in [0.5, 0.6) is 0 Å². The summed E-state index contributed by atoms with van der Waals surface area (Å²) in [5.74, 6) is -1.07. The van der Waals surface area contributed by atoms with Crippen LogP contribution < -0.4 is 5.14 Å². The Labute approximate surface area is 183 Å². The van der Waals surface area contributed by atoms with E-state index in [1.165, 1.54) is 29.0 Å². The lowest BCUT2D eigenvalue weighted by Crippen LogP contribution is -2.15. The van der Waals surface area contributed by atoms with Gasteiger partial charge in [-0.25, -0.2) is 27.9 Å². The molecule has 3 aromatic heterocycles. The van der Waals surface area contributed by atoms with Crippen molar-refractivity contribution in [2.24, 2.45) is 5.14 Å². The summed E-state index contributed by atoms with van der Waals surface area (Å²) in [6.07, 6.45) is 4.52. The molecule has 1 aromatic carbocycles. The molecular weight excluding hydrogens is 434 g/mol. The van der Waals surface area contributed by atoms with Crippen LogP contribution >= 0.6 is 0 Å². The fourth-order valence-electron chi connectivity index (χ4n) is 3.49. The first kappa shape index (κ1) is 21.4.